The van der Waals surface area contributed by atoms with Gasteiger partial charge in [0.05, 0.1) is 25.8 Å². The van der Waals surface area contributed by atoms with Crippen LogP contribution >= 0.6 is 0 Å². The predicted molar refractivity (Wildman–Crippen MR) is 74.3 cm³/mol. The number of rotatable bonds is 6. The van der Waals surface area contributed by atoms with Crippen molar-refractivity contribution < 1.29 is 19.1 Å². The summed E-state index contributed by atoms with van der Waals surface area (Å²) in [6.45, 7) is 1.20. The second kappa shape index (κ2) is 6.88. The summed E-state index contributed by atoms with van der Waals surface area (Å²) in [6.07, 6.45) is 0. The maximum atomic E-state index is 11.3. The van der Waals surface area contributed by atoms with Crippen molar-refractivity contribution in [3.8, 4) is 11.3 Å². The molecule has 0 aliphatic heterocycles. The topological polar surface area (TPSA) is 71.7 Å². The van der Waals surface area contributed by atoms with Crippen molar-refractivity contribution in [1.29, 1.82) is 0 Å². The minimum absolute atomic E-state index is 0.0998. The summed E-state index contributed by atoms with van der Waals surface area (Å²) in [5.74, 6) is 1.18. The average Bonchev–Trinajstić information content (AvgIpc) is 2.96. The summed E-state index contributed by atoms with van der Waals surface area (Å²) < 4.78 is 10.3. The molecular weight excluding hydrogens is 258 g/mol. The number of carbonyl (C=O) groups is 1. The number of hydrogen-bond donors (Lipinski definition) is 2. The zero-order chi connectivity index (χ0) is 14.4. The number of carbonyl (C=O) groups excluding carboxylic acids is 1. The highest BCUT2D eigenvalue weighted by Crippen LogP contribution is 2.22. The van der Waals surface area contributed by atoms with Crippen LogP contribution in [0.1, 0.15) is 16.1 Å². The van der Waals surface area contributed by atoms with Crippen LogP contribution in [-0.4, -0.2) is 31.3 Å². The fraction of sp³-hybridized carbons (Fsp3) is 0.267. The fourth-order valence-corrected chi connectivity index (χ4v) is 1.81. The van der Waals surface area contributed by atoms with Crippen LogP contribution in [0.15, 0.2) is 40.8 Å². The zero-order valence-corrected chi connectivity index (χ0v) is 11.3. The molecule has 0 aliphatic rings. The van der Waals surface area contributed by atoms with Gasteiger partial charge in [0.25, 0.3) is 0 Å². The lowest BCUT2D eigenvalue weighted by molar-refractivity contribution is 0.0600. The molecule has 0 saturated carbocycles. The van der Waals surface area contributed by atoms with E-state index in [1.54, 1.807) is 12.1 Å². The van der Waals surface area contributed by atoms with Gasteiger partial charge in [-0.2, -0.15) is 0 Å². The van der Waals surface area contributed by atoms with Crippen LogP contribution in [0.25, 0.3) is 11.3 Å². The molecule has 1 heterocycles. The van der Waals surface area contributed by atoms with Crippen molar-refractivity contribution >= 4 is 5.97 Å². The zero-order valence-electron chi connectivity index (χ0n) is 11.3. The van der Waals surface area contributed by atoms with Crippen molar-refractivity contribution in [2.75, 3.05) is 20.3 Å². The van der Waals surface area contributed by atoms with Gasteiger partial charge in [0.15, 0.2) is 0 Å². The van der Waals surface area contributed by atoms with Crippen LogP contribution in [0.2, 0.25) is 0 Å². The third-order valence-corrected chi connectivity index (χ3v) is 2.84. The molecule has 5 heteroatoms. The van der Waals surface area contributed by atoms with Crippen molar-refractivity contribution in [2.24, 2.45) is 0 Å². The molecule has 1 aromatic heterocycles. The van der Waals surface area contributed by atoms with E-state index in [1.165, 1.54) is 7.11 Å². The first kappa shape index (κ1) is 14.3. The molecule has 0 bridgehead atoms. The minimum atomic E-state index is -0.357. The van der Waals surface area contributed by atoms with Crippen LogP contribution in [0.5, 0.6) is 0 Å². The normalized spacial score (nSPS) is 10.5. The first-order valence-corrected chi connectivity index (χ1v) is 6.33. The van der Waals surface area contributed by atoms with Gasteiger partial charge >= 0.3 is 5.97 Å². The second-order valence-electron chi connectivity index (χ2n) is 4.24. The first-order chi connectivity index (χ1) is 9.74. The molecule has 5 nitrogen and oxygen atoms in total. The van der Waals surface area contributed by atoms with Gasteiger partial charge in [0.2, 0.25) is 0 Å². The van der Waals surface area contributed by atoms with Crippen LogP contribution in [0.4, 0.5) is 0 Å². The Morgan fingerprint density at radius 1 is 1.25 bits per heavy atom. The first-order valence-electron chi connectivity index (χ1n) is 6.33. The fourth-order valence-electron chi connectivity index (χ4n) is 1.81. The molecule has 2 aromatic rings. The number of aliphatic hydroxyl groups is 1. The van der Waals surface area contributed by atoms with Crippen LogP contribution in [0.3, 0.4) is 0 Å². The smallest absolute Gasteiger partial charge is 0.337 e. The van der Waals surface area contributed by atoms with E-state index in [0.717, 1.165) is 17.1 Å². The number of esters is 1. The molecule has 0 fully saturated rings. The van der Waals surface area contributed by atoms with Crippen LogP contribution in [0, 0.1) is 0 Å². The van der Waals surface area contributed by atoms with Crippen LogP contribution in [-0.2, 0) is 11.3 Å². The summed E-state index contributed by atoms with van der Waals surface area (Å²) in [4.78, 5) is 11.3. The third kappa shape index (κ3) is 3.46. The summed E-state index contributed by atoms with van der Waals surface area (Å²) >= 11 is 0. The van der Waals surface area contributed by atoms with Gasteiger partial charge in [-0.3, -0.25) is 0 Å². The summed E-state index contributed by atoms with van der Waals surface area (Å²) in [6, 6.07) is 10.8. The third-order valence-electron chi connectivity index (χ3n) is 2.84. The van der Waals surface area contributed by atoms with E-state index in [9.17, 15) is 4.79 Å². The lowest BCUT2D eigenvalue weighted by Gasteiger charge is -2.01. The maximum Gasteiger partial charge on any atom is 0.337 e. The highest BCUT2D eigenvalue weighted by molar-refractivity contribution is 5.89. The molecule has 0 radical (unpaired) electrons. The summed E-state index contributed by atoms with van der Waals surface area (Å²) in [5, 5.41) is 11.7. The minimum Gasteiger partial charge on any atom is -0.465 e. The number of hydrogen-bond acceptors (Lipinski definition) is 5. The maximum absolute atomic E-state index is 11.3. The molecule has 0 atom stereocenters. The van der Waals surface area contributed by atoms with E-state index < -0.39 is 0 Å². The Balaban J connectivity index is 2.06. The number of methoxy groups -OCH3 is 1. The molecule has 0 saturated heterocycles. The molecule has 0 amide bonds. The van der Waals surface area contributed by atoms with E-state index in [0.29, 0.717) is 18.7 Å². The number of nitrogens with one attached hydrogen (secondary N) is 1. The highest BCUT2D eigenvalue weighted by atomic mass is 16.5. The quantitative estimate of drug-likeness (QED) is 0.621. The molecule has 2 rings (SSSR count). The van der Waals surface area contributed by atoms with Crippen molar-refractivity contribution in [3.63, 3.8) is 0 Å². The van der Waals surface area contributed by atoms with Crippen molar-refractivity contribution in [3.05, 3.63) is 47.7 Å². The van der Waals surface area contributed by atoms with Crippen LogP contribution < -0.4 is 5.32 Å². The molecule has 0 aliphatic carbocycles. The summed E-state index contributed by atoms with van der Waals surface area (Å²) in [7, 11) is 1.36. The Morgan fingerprint density at radius 2 is 2.00 bits per heavy atom. The highest BCUT2D eigenvalue weighted by Gasteiger charge is 2.08. The van der Waals surface area contributed by atoms with E-state index in [-0.39, 0.29) is 12.6 Å². The van der Waals surface area contributed by atoms with E-state index in [2.05, 4.69) is 10.1 Å². The molecule has 0 unspecified atom stereocenters. The number of aliphatic hydroxyl groups excluding tert-OH is 1. The van der Waals surface area contributed by atoms with Crippen molar-refractivity contribution in [1.82, 2.24) is 5.32 Å². The Hall–Kier alpha value is -2.11. The second-order valence-corrected chi connectivity index (χ2v) is 4.24. The SMILES string of the molecule is COC(=O)c1ccc(-c2ccc(CNCCO)o2)cc1. The van der Waals surface area contributed by atoms with Gasteiger partial charge in [-0.25, -0.2) is 4.79 Å². The lowest BCUT2D eigenvalue weighted by atomic mass is 10.1. The molecule has 106 valence electrons. The van der Waals surface area contributed by atoms with E-state index in [4.69, 9.17) is 9.52 Å². The van der Waals surface area contributed by atoms with Gasteiger partial charge < -0.3 is 19.6 Å². The lowest BCUT2D eigenvalue weighted by Crippen LogP contribution is -2.16. The summed E-state index contributed by atoms with van der Waals surface area (Å²) in [5.41, 5.74) is 1.40. The van der Waals surface area contributed by atoms with Gasteiger partial charge in [-0.05, 0) is 24.3 Å². The molecule has 2 N–H and O–H groups in total. The Labute approximate surface area is 117 Å². The molecule has 1 aromatic carbocycles. The van der Waals surface area contributed by atoms with Crippen molar-refractivity contribution in [2.45, 2.75) is 6.54 Å². The monoisotopic (exact) mass is 275 g/mol. The molecule has 20 heavy (non-hydrogen) atoms. The van der Waals surface area contributed by atoms with Gasteiger partial charge in [-0.1, -0.05) is 12.1 Å². The van der Waals surface area contributed by atoms with Gasteiger partial charge in [-0.15, -0.1) is 0 Å². The predicted octanol–water partition coefficient (Wildman–Crippen LogP) is 1.82. The standard InChI is InChI=1S/C15H17NO4/c1-19-15(18)12-4-2-11(3-5-12)14-7-6-13(20-14)10-16-8-9-17/h2-7,16-17H,8-10H2,1H3. The molecular formula is C15H17NO4. The van der Waals surface area contributed by atoms with E-state index in [1.807, 2.05) is 24.3 Å². The number of ether oxygens (including phenoxy) is 1. The number of benzene rings is 1. The van der Waals surface area contributed by atoms with Gasteiger partial charge in [0, 0.05) is 12.1 Å². The van der Waals surface area contributed by atoms with Gasteiger partial charge in [0.1, 0.15) is 11.5 Å². The Kier molecular flexibility index (Phi) is 4.92. The number of furan rings is 1. The van der Waals surface area contributed by atoms with E-state index >= 15 is 0 Å². The largest absolute Gasteiger partial charge is 0.465 e. The molecule has 0 spiro atoms. The Morgan fingerprint density at radius 3 is 2.65 bits per heavy atom. The Bertz CT molecular complexity index is 560. The average molecular weight is 275 g/mol.